The van der Waals surface area contributed by atoms with Crippen LogP contribution in [0.1, 0.15) is 78.1 Å². The molecule has 1 aliphatic rings. The van der Waals surface area contributed by atoms with Gasteiger partial charge in [-0.15, -0.1) is 0 Å². The minimum Gasteiger partial charge on any atom is -0.390 e. The van der Waals surface area contributed by atoms with Crippen molar-refractivity contribution in [1.29, 1.82) is 0 Å². The molecule has 1 saturated heterocycles. The van der Waals surface area contributed by atoms with Gasteiger partial charge in [-0.25, -0.2) is 0 Å². The Hall–Kier alpha value is -0.0800. The molecular formula is C15H30O2. The number of hydrogen-bond donors (Lipinski definition) is 1. The molecule has 1 heterocycles. The lowest BCUT2D eigenvalue weighted by atomic mass is 9.84. The average molecular weight is 242 g/mol. The first-order valence-corrected chi connectivity index (χ1v) is 7.54. The van der Waals surface area contributed by atoms with Crippen LogP contribution in [-0.4, -0.2) is 23.4 Å². The largest absolute Gasteiger partial charge is 0.390 e. The molecule has 2 heteroatoms. The number of aliphatic hydroxyl groups is 1. The Morgan fingerprint density at radius 3 is 2.59 bits per heavy atom. The van der Waals surface area contributed by atoms with Gasteiger partial charge < -0.3 is 9.84 Å². The highest BCUT2D eigenvalue weighted by atomic mass is 16.5. The van der Waals surface area contributed by atoms with E-state index in [1.165, 1.54) is 32.1 Å². The molecule has 1 rings (SSSR count). The summed E-state index contributed by atoms with van der Waals surface area (Å²) in [7, 11) is 0. The van der Waals surface area contributed by atoms with E-state index in [1.807, 2.05) is 0 Å². The second-order valence-corrected chi connectivity index (χ2v) is 5.62. The van der Waals surface area contributed by atoms with Gasteiger partial charge in [0.15, 0.2) is 0 Å². The van der Waals surface area contributed by atoms with Gasteiger partial charge in [-0.05, 0) is 19.3 Å². The maximum atomic E-state index is 10.5. The van der Waals surface area contributed by atoms with Crippen LogP contribution >= 0.6 is 0 Å². The third kappa shape index (κ3) is 5.87. The van der Waals surface area contributed by atoms with Crippen molar-refractivity contribution in [1.82, 2.24) is 0 Å². The molecule has 2 nitrogen and oxygen atoms in total. The van der Waals surface area contributed by atoms with Crippen molar-refractivity contribution >= 4 is 0 Å². The fourth-order valence-corrected chi connectivity index (χ4v) is 2.79. The Kier molecular flexibility index (Phi) is 7.14. The number of ether oxygens (including phenoxy) is 1. The number of hydrogen-bond acceptors (Lipinski definition) is 2. The molecule has 0 amide bonds. The quantitative estimate of drug-likeness (QED) is 0.650. The Morgan fingerprint density at radius 2 is 1.88 bits per heavy atom. The van der Waals surface area contributed by atoms with Gasteiger partial charge in [0.1, 0.15) is 0 Å². The van der Waals surface area contributed by atoms with E-state index >= 15 is 0 Å². The van der Waals surface area contributed by atoms with E-state index in [0.717, 1.165) is 38.7 Å². The normalized spacial score (nSPS) is 29.5. The predicted molar refractivity (Wildman–Crippen MR) is 72.2 cm³/mol. The van der Waals surface area contributed by atoms with Crippen LogP contribution in [0.25, 0.3) is 0 Å². The monoisotopic (exact) mass is 242 g/mol. The Balaban J connectivity index is 2.20. The fraction of sp³-hybridized carbons (Fsp3) is 1.00. The molecule has 0 aromatic carbocycles. The molecule has 0 aliphatic carbocycles. The second kappa shape index (κ2) is 8.10. The molecule has 1 N–H and O–H groups in total. The molecule has 2 unspecified atom stereocenters. The van der Waals surface area contributed by atoms with Crippen LogP contribution in [0.3, 0.4) is 0 Å². The summed E-state index contributed by atoms with van der Waals surface area (Å²) in [6.07, 6.45) is 11.6. The molecular weight excluding hydrogens is 212 g/mol. The molecule has 1 fully saturated rings. The summed E-state index contributed by atoms with van der Waals surface area (Å²) in [6, 6.07) is 0. The molecule has 0 spiro atoms. The molecule has 2 atom stereocenters. The number of unbranched alkanes of at least 4 members (excludes halogenated alkanes) is 4. The van der Waals surface area contributed by atoms with Crippen LogP contribution in [0.4, 0.5) is 0 Å². The van der Waals surface area contributed by atoms with E-state index in [-0.39, 0.29) is 0 Å². The zero-order valence-electron chi connectivity index (χ0n) is 11.7. The summed E-state index contributed by atoms with van der Waals surface area (Å²) in [5.41, 5.74) is -0.426. The predicted octanol–water partition coefficient (Wildman–Crippen LogP) is 4.06. The topological polar surface area (TPSA) is 29.5 Å². The van der Waals surface area contributed by atoms with Crippen LogP contribution in [0.15, 0.2) is 0 Å². The lowest BCUT2D eigenvalue weighted by molar-refractivity contribution is -0.109. The third-order valence-electron chi connectivity index (χ3n) is 3.88. The minimum absolute atomic E-state index is 0.300. The van der Waals surface area contributed by atoms with Crippen molar-refractivity contribution in [3.63, 3.8) is 0 Å². The minimum atomic E-state index is -0.426. The summed E-state index contributed by atoms with van der Waals surface area (Å²) in [4.78, 5) is 0. The lowest BCUT2D eigenvalue weighted by Crippen LogP contribution is -2.40. The smallest absolute Gasteiger partial charge is 0.0694 e. The maximum absolute atomic E-state index is 10.5. The Morgan fingerprint density at radius 1 is 1.12 bits per heavy atom. The molecule has 0 aromatic rings. The highest BCUT2D eigenvalue weighted by molar-refractivity contribution is 4.85. The van der Waals surface area contributed by atoms with Gasteiger partial charge in [0.2, 0.25) is 0 Å². The first-order valence-electron chi connectivity index (χ1n) is 7.54. The maximum Gasteiger partial charge on any atom is 0.0694 e. The van der Waals surface area contributed by atoms with E-state index in [2.05, 4.69) is 13.8 Å². The third-order valence-corrected chi connectivity index (χ3v) is 3.88. The van der Waals surface area contributed by atoms with E-state index in [0.29, 0.717) is 6.10 Å². The first kappa shape index (κ1) is 15.0. The van der Waals surface area contributed by atoms with Gasteiger partial charge in [0, 0.05) is 13.0 Å². The van der Waals surface area contributed by atoms with Crippen molar-refractivity contribution in [3.8, 4) is 0 Å². The van der Waals surface area contributed by atoms with Crippen molar-refractivity contribution < 1.29 is 9.84 Å². The van der Waals surface area contributed by atoms with E-state index in [1.54, 1.807) is 0 Å². The molecule has 102 valence electrons. The average Bonchev–Trinajstić information content (AvgIpc) is 2.29. The second-order valence-electron chi connectivity index (χ2n) is 5.62. The summed E-state index contributed by atoms with van der Waals surface area (Å²) in [5.74, 6) is 0. The van der Waals surface area contributed by atoms with Crippen molar-refractivity contribution in [2.24, 2.45) is 0 Å². The fourth-order valence-electron chi connectivity index (χ4n) is 2.79. The molecule has 17 heavy (non-hydrogen) atoms. The van der Waals surface area contributed by atoms with Crippen molar-refractivity contribution in [3.05, 3.63) is 0 Å². The standard InChI is InChI=1S/C15H30O2/c1-3-5-6-7-8-10-15(16)11-12-17-14(13-15)9-4-2/h14,16H,3-13H2,1-2H3. The van der Waals surface area contributed by atoms with Crippen LogP contribution in [0.2, 0.25) is 0 Å². The van der Waals surface area contributed by atoms with Crippen LogP contribution in [0.5, 0.6) is 0 Å². The van der Waals surface area contributed by atoms with E-state index in [9.17, 15) is 5.11 Å². The highest BCUT2D eigenvalue weighted by Gasteiger charge is 2.33. The van der Waals surface area contributed by atoms with Gasteiger partial charge in [0.25, 0.3) is 0 Å². The first-order chi connectivity index (χ1) is 8.20. The zero-order valence-corrected chi connectivity index (χ0v) is 11.7. The van der Waals surface area contributed by atoms with E-state index < -0.39 is 5.60 Å². The highest BCUT2D eigenvalue weighted by Crippen LogP contribution is 2.31. The van der Waals surface area contributed by atoms with Crippen molar-refractivity contribution in [2.45, 2.75) is 89.8 Å². The van der Waals surface area contributed by atoms with Gasteiger partial charge in [-0.2, -0.15) is 0 Å². The zero-order chi connectivity index (χ0) is 12.6. The molecule has 1 aliphatic heterocycles. The Bertz CT molecular complexity index is 191. The van der Waals surface area contributed by atoms with Gasteiger partial charge in [0.05, 0.1) is 11.7 Å². The summed E-state index contributed by atoms with van der Waals surface area (Å²) < 4.78 is 5.70. The van der Waals surface area contributed by atoms with Crippen LogP contribution in [0, 0.1) is 0 Å². The lowest BCUT2D eigenvalue weighted by Gasteiger charge is -2.37. The Labute approximate surface area is 107 Å². The molecule has 0 saturated carbocycles. The van der Waals surface area contributed by atoms with E-state index in [4.69, 9.17) is 4.74 Å². The van der Waals surface area contributed by atoms with Gasteiger partial charge in [-0.1, -0.05) is 52.4 Å². The summed E-state index contributed by atoms with van der Waals surface area (Å²) >= 11 is 0. The molecule has 0 radical (unpaired) electrons. The van der Waals surface area contributed by atoms with Gasteiger partial charge >= 0.3 is 0 Å². The SMILES string of the molecule is CCCCCCCC1(O)CCOC(CCC)C1. The number of rotatable bonds is 8. The summed E-state index contributed by atoms with van der Waals surface area (Å²) in [5, 5.41) is 10.5. The van der Waals surface area contributed by atoms with Crippen LogP contribution in [-0.2, 0) is 4.74 Å². The van der Waals surface area contributed by atoms with Crippen molar-refractivity contribution in [2.75, 3.05) is 6.61 Å². The van der Waals surface area contributed by atoms with Gasteiger partial charge in [-0.3, -0.25) is 0 Å². The molecule has 0 aromatic heterocycles. The summed E-state index contributed by atoms with van der Waals surface area (Å²) in [6.45, 7) is 5.17. The molecule has 0 bridgehead atoms. The van der Waals surface area contributed by atoms with Crippen LogP contribution < -0.4 is 0 Å².